The number of hydrogen-bond donors (Lipinski definition) is 3. The summed E-state index contributed by atoms with van der Waals surface area (Å²) in [6.07, 6.45) is 1.54. The molecular weight excluding hydrogens is 376 g/mol. The van der Waals surface area contributed by atoms with E-state index in [1.165, 1.54) is 11.1 Å². The van der Waals surface area contributed by atoms with Crippen molar-refractivity contribution in [3.63, 3.8) is 0 Å². The summed E-state index contributed by atoms with van der Waals surface area (Å²) in [5.74, 6) is 0.612. The summed E-state index contributed by atoms with van der Waals surface area (Å²) < 4.78 is 1.68. The number of carbonyl (C=O) groups is 1. The van der Waals surface area contributed by atoms with E-state index in [4.69, 9.17) is 5.73 Å². The van der Waals surface area contributed by atoms with Gasteiger partial charge in [0.1, 0.15) is 5.82 Å². The second kappa shape index (κ2) is 8.71. The van der Waals surface area contributed by atoms with Gasteiger partial charge in [0.2, 0.25) is 0 Å². The lowest BCUT2D eigenvalue weighted by Gasteiger charge is -2.35. The molecule has 1 aromatic heterocycles. The number of hydrogen-bond acceptors (Lipinski definition) is 3. The number of rotatable bonds is 2. The predicted octanol–water partition coefficient (Wildman–Crippen LogP) is 4.25. The van der Waals surface area contributed by atoms with Crippen LogP contribution in [0.25, 0.3) is 5.69 Å². The van der Waals surface area contributed by atoms with Crippen LogP contribution in [0.4, 0.5) is 10.6 Å². The van der Waals surface area contributed by atoms with Crippen molar-refractivity contribution in [1.82, 2.24) is 9.78 Å². The molecule has 0 spiro atoms. The van der Waals surface area contributed by atoms with Gasteiger partial charge in [-0.2, -0.15) is 5.10 Å². The lowest BCUT2D eigenvalue weighted by Crippen LogP contribution is -2.32. The normalized spacial score (nSPS) is 16.8. The number of carbonyl (C=O) groups excluding carboxylic acids is 1. The number of nitrogens with two attached hydrogens (primary N) is 1. The Morgan fingerprint density at radius 3 is 2.43 bits per heavy atom. The fourth-order valence-corrected chi connectivity index (χ4v) is 4.01. The Morgan fingerprint density at radius 2 is 1.77 bits per heavy atom. The topological polar surface area (TPSA) is 93.2 Å². The van der Waals surface area contributed by atoms with Crippen LogP contribution in [0.15, 0.2) is 54.6 Å². The molecule has 6 heteroatoms. The highest BCUT2D eigenvalue weighted by molar-refractivity contribution is 5.88. The molecule has 0 fully saturated rings. The first-order valence-corrected chi connectivity index (χ1v) is 10.1. The van der Waals surface area contributed by atoms with E-state index in [-0.39, 0.29) is 11.5 Å². The summed E-state index contributed by atoms with van der Waals surface area (Å²) in [6, 6.07) is 17.4. The average molecular weight is 407 g/mol. The molecule has 1 aliphatic rings. The van der Waals surface area contributed by atoms with Gasteiger partial charge in [0, 0.05) is 5.56 Å². The highest BCUT2D eigenvalue weighted by atomic mass is 16.3. The number of para-hydroxylation sites is 1. The third kappa shape index (κ3) is 4.71. The predicted molar refractivity (Wildman–Crippen MR) is 120 cm³/mol. The second-order valence-electron chi connectivity index (χ2n) is 8.40. The van der Waals surface area contributed by atoms with Crippen molar-refractivity contribution in [2.45, 2.75) is 52.1 Å². The standard InChI is InChI=1S/C12H14N4O.C12H16O/c1-8-9(2)15-16(11(8)14-12(13)17)10-6-4-3-5-7-10;1-12(2)8-10(13)7-9-5-3-4-6-11(9)12/h3-7H,1-2H3,(H3,13,14,17);3-6,10,13H,7-8H2,1-2H3. The van der Waals surface area contributed by atoms with Crippen LogP contribution in [-0.4, -0.2) is 27.0 Å². The molecule has 2 amide bonds. The smallest absolute Gasteiger partial charge is 0.317 e. The Bertz CT molecular complexity index is 1020. The van der Waals surface area contributed by atoms with Gasteiger partial charge in [-0.25, -0.2) is 9.48 Å². The fraction of sp³-hybridized carbons (Fsp3) is 0.333. The molecule has 1 unspecified atom stereocenters. The summed E-state index contributed by atoms with van der Waals surface area (Å²) in [7, 11) is 0. The van der Waals surface area contributed by atoms with Crippen molar-refractivity contribution in [1.29, 1.82) is 0 Å². The third-order valence-corrected chi connectivity index (χ3v) is 5.55. The van der Waals surface area contributed by atoms with E-state index in [0.717, 1.165) is 29.8 Å². The Balaban J connectivity index is 0.000000177. The lowest BCUT2D eigenvalue weighted by molar-refractivity contribution is 0.128. The van der Waals surface area contributed by atoms with E-state index in [1.54, 1.807) is 4.68 Å². The van der Waals surface area contributed by atoms with Crippen molar-refractivity contribution in [2.24, 2.45) is 5.73 Å². The van der Waals surface area contributed by atoms with Crippen LogP contribution in [0.5, 0.6) is 0 Å². The van der Waals surface area contributed by atoms with Crippen molar-refractivity contribution < 1.29 is 9.90 Å². The molecule has 3 aromatic rings. The molecule has 1 atom stereocenters. The largest absolute Gasteiger partial charge is 0.393 e. The Labute approximate surface area is 177 Å². The van der Waals surface area contributed by atoms with E-state index >= 15 is 0 Å². The van der Waals surface area contributed by atoms with E-state index in [2.05, 4.69) is 42.5 Å². The van der Waals surface area contributed by atoms with Crippen molar-refractivity contribution in [3.05, 3.63) is 77.0 Å². The molecule has 6 nitrogen and oxygen atoms in total. The van der Waals surface area contributed by atoms with Gasteiger partial charge < -0.3 is 10.8 Å². The number of fused-ring (bicyclic) bond motifs is 1. The molecule has 30 heavy (non-hydrogen) atoms. The monoisotopic (exact) mass is 406 g/mol. The molecular formula is C24H30N4O2. The van der Waals surface area contributed by atoms with Crippen molar-refractivity contribution in [2.75, 3.05) is 5.32 Å². The summed E-state index contributed by atoms with van der Waals surface area (Å²) in [5.41, 5.74) is 10.7. The number of benzene rings is 2. The van der Waals surface area contributed by atoms with Crippen LogP contribution in [0.3, 0.4) is 0 Å². The quantitative estimate of drug-likeness (QED) is 0.594. The maximum atomic E-state index is 11.0. The highest BCUT2D eigenvalue weighted by Gasteiger charge is 2.31. The lowest BCUT2D eigenvalue weighted by atomic mass is 9.72. The number of urea groups is 1. The van der Waals surface area contributed by atoms with E-state index < -0.39 is 6.03 Å². The molecule has 0 bridgehead atoms. The van der Waals surface area contributed by atoms with Gasteiger partial charge in [-0.1, -0.05) is 56.3 Å². The molecule has 2 aromatic carbocycles. The van der Waals surface area contributed by atoms with Gasteiger partial charge in [0.15, 0.2) is 0 Å². The van der Waals surface area contributed by atoms with Crippen LogP contribution in [0.2, 0.25) is 0 Å². The fourth-order valence-electron chi connectivity index (χ4n) is 4.01. The number of aromatic nitrogens is 2. The highest BCUT2D eigenvalue weighted by Crippen LogP contribution is 2.36. The average Bonchev–Trinajstić information content (AvgIpc) is 2.96. The first-order chi connectivity index (χ1) is 14.2. The van der Waals surface area contributed by atoms with Gasteiger partial charge in [0.05, 0.1) is 17.5 Å². The van der Waals surface area contributed by atoms with E-state index in [9.17, 15) is 9.90 Å². The maximum absolute atomic E-state index is 11.0. The molecule has 1 aliphatic carbocycles. The number of amides is 2. The number of aliphatic hydroxyl groups excluding tert-OH is 1. The summed E-state index contributed by atoms with van der Waals surface area (Å²) in [4.78, 5) is 11.0. The van der Waals surface area contributed by atoms with Crippen LogP contribution < -0.4 is 11.1 Å². The van der Waals surface area contributed by atoms with Crippen LogP contribution >= 0.6 is 0 Å². The number of primary amides is 1. The van der Waals surface area contributed by atoms with Crippen molar-refractivity contribution in [3.8, 4) is 5.69 Å². The molecule has 0 radical (unpaired) electrons. The number of nitrogens with one attached hydrogen (secondary N) is 1. The first kappa shape index (κ1) is 21.6. The van der Waals surface area contributed by atoms with Crippen LogP contribution in [-0.2, 0) is 11.8 Å². The summed E-state index contributed by atoms with van der Waals surface area (Å²) in [6.45, 7) is 8.19. The van der Waals surface area contributed by atoms with Gasteiger partial charge in [-0.3, -0.25) is 5.32 Å². The molecule has 158 valence electrons. The number of aliphatic hydroxyl groups is 1. The SMILES string of the molecule is CC1(C)CC(O)Cc2ccccc21.Cc1nn(-c2ccccc2)c(NC(N)=O)c1C. The summed E-state index contributed by atoms with van der Waals surface area (Å²) >= 11 is 0. The summed E-state index contributed by atoms with van der Waals surface area (Å²) in [5, 5.41) is 16.7. The molecule has 0 aliphatic heterocycles. The maximum Gasteiger partial charge on any atom is 0.317 e. The van der Waals surface area contributed by atoms with Gasteiger partial charge in [-0.05, 0) is 55.4 Å². The molecule has 0 saturated heterocycles. The van der Waals surface area contributed by atoms with Gasteiger partial charge in [-0.15, -0.1) is 0 Å². The minimum atomic E-state index is -0.592. The number of aryl methyl sites for hydroxylation is 1. The molecule has 1 heterocycles. The van der Waals surface area contributed by atoms with Crippen molar-refractivity contribution >= 4 is 11.8 Å². The molecule has 4 rings (SSSR count). The van der Waals surface area contributed by atoms with Crippen LogP contribution in [0.1, 0.15) is 42.7 Å². The van der Waals surface area contributed by atoms with Gasteiger partial charge >= 0.3 is 6.03 Å². The van der Waals surface area contributed by atoms with Crippen LogP contribution in [0, 0.1) is 13.8 Å². The third-order valence-electron chi connectivity index (χ3n) is 5.55. The second-order valence-corrected chi connectivity index (χ2v) is 8.40. The number of anilines is 1. The molecule has 0 saturated carbocycles. The zero-order valence-electron chi connectivity index (χ0n) is 18.0. The zero-order chi connectivity index (χ0) is 21.9. The van der Waals surface area contributed by atoms with E-state index in [1.807, 2.05) is 50.2 Å². The first-order valence-electron chi connectivity index (χ1n) is 10.1. The Kier molecular flexibility index (Phi) is 6.27. The minimum Gasteiger partial charge on any atom is -0.393 e. The number of nitrogens with zero attached hydrogens (tertiary/aromatic N) is 2. The van der Waals surface area contributed by atoms with Gasteiger partial charge in [0.25, 0.3) is 0 Å². The zero-order valence-corrected chi connectivity index (χ0v) is 18.0. The molecule has 4 N–H and O–H groups in total. The Morgan fingerprint density at radius 1 is 1.13 bits per heavy atom. The minimum absolute atomic E-state index is 0.133. The Hall–Kier alpha value is -3.12. The van der Waals surface area contributed by atoms with E-state index in [0.29, 0.717) is 5.82 Å².